The highest BCUT2D eigenvalue weighted by Gasteiger charge is 2.28. The average Bonchev–Trinajstić information content (AvgIpc) is 2.63. The van der Waals surface area contributed by atoms with Crippen LogP contribution in [0, 0.1) is 0 Å². The Kier molecular flexibility index (Phi) is 7.86. The SMILES string of the molecule is COc1ccc(CCC(=O)NCCN(C2CCOCC2)S(C)(=O)=O)cc1. The summed E-state index contributed by atoms with van der Waals surface area (Å²) in [7, 11) is -1.70. The molecule has 0 aromatic heterocycles. The van der Waals surface area contributed by atoms with Crippen molar-refractivity contribution in [3.8, 4) is 5.75 Å². The minimum Gasteiger partial charge on any atom is -0.497 e. The number of ether oxygens (including phenoxy) is 2. The lowest BCUT2D eigenvalue weighted by Crippen LogP contribution is -2.46. The summed E-state index contributed by atoms with van der Waals surface area (Å²) in [6.07, 6.45) is 3.60. The lowest BCUT2D eigenvalue weighted by atomic mass is 10.1. The molecule has 1 aliphatic rings. The van der Waals surface area contributed by atoms with E-state index >= 15 is 0 Å². The van der Waals surface area contributed by atoms with Gasteiger partial charge in [-0.15, -0.1) is 0 Å². The number of aryl methyl sites for hydroxylation is 1. The number of nitrogens with one attached hydrogen (secondary N) is 1. The molecule has 1 fully saturated rings. The van der Waals surface area contributed by atoms with E-state index in [2.05, 4.69) is 5.32 Å². The highest BCUT2D eigenvalue weighted by molar-refractivity contribution is 7.88. The average molecular weight is 384 g/mol. The monoisotopic (exact) mass is 384 g/mol. The Labute approximate surface area is 155 Å². The number of hydrogen-bond acceptors (Lipinski definition) is 5. The molecule has 0 unspecified atom stereocenters. The third-order valence-corrected chi connectivity index (χ3v) is 5.81. The van der Waals surface area contributed by atoms with Crippen molar-refractivity contribution >= 4 is 15.9 Å². The van der Waals surface area contributed by atoms with Crippen molar-refractivity contribution in [3.63, 3.8) is 0 Å². The van der Waals surface area contributed by atoms with Gasteiger partial charge in [0.2, 0.25) is 15.9 Å². The maximum Gasteiger partial charge on any atom is 0.220 e. The molecule has 2 rings (SSSR count). The summed E-state index contributed by atoms with van der Waals surface area (Å²) in [5.74, 6) is 0.702. The summed E-state index contributed by atoms with van der Waals surface area (Å²) in [4.78, 5) is 12.0. The van der Waals surface area contributed by atoms with E-state index in [0.717, 1.165) is 11.3 Å². The predicted molar refractivity (Wildman–Crippen MR) is 99.7 cm³/mol. The fraction of sp³-hybridized carbons (Fsp3) is 0.611. The topological polar surface area (TPSA) is 84.9 Å². The number of hydrogen-bond donors (Lipinski definition) is 1. The largest absolute Gasteiger partial charge is 0.497 e. The third-order valence-electron chi connectivity index (χ3n) is 4.48. The second-order valence-corrected chi connectivity index (χ2v) is 8.35. The summed E-state index contributed by atoms with van der Waals surface area (Å²) in [5.41, 5.74) is 1.06. The number of rotatable bonds is 9. The van der Waals surface area contributed by atoms with Crippen molar-refractivity contribution in [2.45, 2.75) is 31.7 Å². The van der Waals surface area contributed by atoms with Gasteiger partial charge < -0.3 is 14.8 Å². The summed E-state index contributed by atoms with van der Waals surface area (Å²) in [5, 5.41) is 2.82. The van der Waals surface area contributed by atoms with Gasteiger partial charge in [0.15, 0.2) is 0 Å². The molecular weight excluding hydrogens is 356 g/mol. The van der Waals surface area contributed by atoms with Crippen LogP contribution in [0.2, 0.25) is 0 Å². The fourth-order valence-corrected chi connectivity index (χ4v) is 4.21. The smallest absolute Gasteiger partial charge is 0.220 e. The van der Waals surface area contributed by atoms with Gasteiger partial charge in [0.25, 0.3) is 0 Å². The van der Waals surface area contributed by atoms with E-state index in [-0.39, 0.29) is 18.5 Å². The zero-order valence-electron chi connectivity index (χ0n) is 15.4. The number of benzene rings is 1. The van der Waals surface area contributed by atoms with Gasteiger partial charge in [0, 0.05) is 38.8 Å². The highest BCUT2D eigenvalue weighted by atomic mass is 32.2. The van der Waals surface area contributed by atoms with Crippen molar-refractivity contribution in [3.05, 3.63) is 29.8 Å². The van der Waals surface area contributed by atoms with Gasteiger partial charge in [-0.2, -0.15) is 4.31 Å². The lowest BCUT2D eigenvalue weighted by molar-refractivity contribution is -0.121. The van der Waals surface area contributed by atoms with E-state index in [1.165, 1.54) is 10.6 Å². The second-order valence-electron chi connectivity index (χ2n) is 6.42. The molecule has 1 aromatic rings. The summed E-state index contributed by atoms with van der Waals surface area (Å²) >= 11 is 0. The van der Waals surface area contributed by atoms with Crippen molar-refractivity contribution in [1.29, 1.82) is 0 Å². The molecule has 8 heteroatoms. The zero-order chi connectivity index (χ0) is 19.0. The molecule has 146 valence electrons. The second kappa shape index (κ2) is 9.89. The minimum absolute atomic E-state index is 0.0463. The van der Waals surface area contributed by atoms with Crippen LogP contribution >= 0.6 is 0 Å². The summed E-state index contributed by atoms with van der Waals surface area (Å²) < 4.78 is 36.0. The first-order valence-corrected chi connectivity index (χ1v) is 10.7. The number of amides is 1. The molecule has 1 heterocycles. The number of nitrogens with zero attached hydrogens (tertiary/aromatic N) is 1. The number of methoxy groups -OCH3 is 1. The molecule has 0 bridgehead atoms. The maximum atomic E-state index is 12.0. The van der Waals surface area contributed by atoms with Gasteiger partial charge in [-0.3, -0.25) is 4.79 Å². The Hall–Kier alpha value is -1.64. The molecule has 0 saturated carbocycles. The molecule has 7 nitrogen and oxygen atoms in total. The van der Waals surface area contributed by atoms with Crippen molar-refractivity contribution in [2.75, 3.05) is 39.7 Å². The summed E-state index contributed by atoms with van der Waals surface area (Å²) in [6.45, 7) is 1.75. The molecule has 0 spiro atoms. The molecule has 0 atom stereocenters. The first-order valence-electron chi connectivity index (χ1n) is 8.84. The van der Waals surface area contributed by atoms with Crippen molar-refractivity contribution in [2.24, 2.45) is 0 Å². The van der Waals surface area contributed by atoms with E-state index in [1.54, 1.807) is 7.11 Å². The summed E-state index contributed by atoms with van der Waals surface area (Å²) in [6, 6.07) is 7.55. The minimum atomic E-state index is -3.31. The first-order chi connectivity index (χ1) is 12.4. The molecule has 26 heavy (non-hydrogen) atoms. The van der Waals surface area contributed by atoms with Crippen LogP contribution in [0.4, 0.5) is 0 Å². The molecule has 0 radical (unpaired) electrons. The Bertz CT molecular complexity index is 669. The van der Waals surface area contributed by atoms with Gasteiger partial charge in [0.1, 0.15) is 5.75 Å². The molecule has 1 amide bonds. The van der Waals surface area contributed by atoms with Crippen LogP contribution in [-0.4, -0.2) is 64.3 Å². The molecule has 1 saturated heterocycles. The lowest BCUT2D eigenvalue weighted by Gasteiger charge is -2.32. The van der Waals surface area contributed by atoms with Crippen LogP contribution in [0.5, 0.6) is 5.75 Å². The third kappa shape index (κ3) is 6.59. The molecular formula is C18H28N2O5S. The normalized spacial score (nSPS) is 15.8. The van der Waals surface area contributed by atoms with Crippen LogP contribution in [0.25, 0.3) is 0 Å². The van der Waals surface area contributed by atoms with Crippen molar-refractivity contribution < 1.29 is 22.7 Å². The van der Waals surface area contributed by atoms with Gasteiger partial charge in [-0.05, 0) is 37.0 Å². The predicted octanol–water partition coefficient (Wildman–Crippen LogP) is 1.18. The van der Waals surface area contributed by atoms with Crippen LogP contribution in [-0.2, 0) is 26.0 Å². The van der Waals surface area contributed by atoms with E-state index < -0.39 is 10.0 Å². The van der Waals surface area contributed by atoms with E-state index in [4.69, 9.17) is 9.47 Å². The molecule has 0 aliphatic carbocycles. The fourth-order valence-electron chi connectivity index (χ4n) is 3.04. The zero-order valence-corrected chi connectivity index (χ0v) is 16.3. The number of carbonyl (C=O) groups excluding carboxylic acids is 1. The Balaban J connectivity index is 1.76. The van der Waals surface area contributed by atoms with Gasteiger partial charge in [0.05, 0.1) is 13.4 Å². The quantitative estimate of drug-likeness (QED) is 0.691. The van der Waals surface area contributed by atoms with Crippen LogP contribution < -0.4 is 10.1 Å². The van der Waals surface area contributed by atoms with E-state index in [0.29, 0.717) is 45.4 Å². The standard InChI is InChI=1S/C18H28N2O5S/c1-24-17-6-3-15(4-7-17)5-8-18(21)19-11-12-20(26(2,22)23)16-9-13-25-14-10-16/h3-4,6-7,16H,5,8-14H2,1-2H3,(H,19,21). The molecule has 1 N–H and O–H groups in total. The maximum absolute atomic E-state index is 12.0. The van der Waals surface area contributed by atoms with Gasteiger partial charge >= 0.3 is 0 Å². The van der Waals surface area contributed by atoms with Crippen LogP contribution in [0.3, 0.4) is 0 Å². The highest BCUT2D eigenvalue weighted by Crippen LogP contribution is 2.17. The van der Waals surface area contributed by atoms with E-state index in [1.807, 2.05) is 24.3 Å². The number of carbonyl (C=O) groups is 1. The Morgan fingerprint density at radius 3 is 2.50 bits per heavy atom. The van der Waals surface area contributed by atoms with Crippen molar-refractivity contribution in [1.82, 2.24) is 9.62 Å². The van der Waals surface area contributed by atoms with Gasteiger partial charge in [-0.1, -0.05) is 12.1 Å². The Morgan fingerprint density at radius 2 is 1.92 bits per heavy atom. The first kappa shape index (κ1) is 20.7. The molecule has 1 aromatic carbocycles. The Morgan fingerprint density at radius 1 is 1.27 bits per heavy atom. The van der Waals surface area contributed by atoms with E-state index in [9.17, 15) is 13.2 Å². The molecule has 1 aliphatic heterocycles. The van der Waals surface area contributed by atoms with Gasteiger partial charge in [-0.25, -0.2) is 8.42 Å². The number of sulfonamides is 1. The van der Waals surface area contributed by atoms with Crippen LogP contribution in [0.1, 0.15) is 24.8 Å². The van der Waals surface area contributed by atoms with Crippen LogP contribution in [0.15, 0.2) is 24.3 Å².